The number of hydrogen-bond acceptors (Lipinski definition) is 2. The van der Waals surface area contributed by atoms with Gasteiger partial charge in [0.1, 0.15) is 5.67 Å². The minimum atomic E-state index is -1.39. The van der Waals surface area contributed by atoms with E-state index in [-0.39, 0.29) is 6.42 Å². The summed E-state index contributed by atoms with van der Waals surface area (Å²) in [5, 5.41) is 0. The second-order valence-corrected chi connectivity index (χ2v) is 4.28. The summed E-state index contributed by atoms with van der Waals surface area (Å²) in [5.74, 6) is 0. The van der Waals surface area contributed by atoms with Gasteiger partial charge in [0.2, 0.25) is 0 Å². The van der Waals surface area contributed by atoms with Crippen molar-refractivity contribution in [2.45, 2.75) is 32.0 Å². The van der Waals surface area contributed by atoms with Crippen molar-refractivity contribution in [3.63, 3.8) is 0 Å². The lowest BCUT2D eigenvalue weighted by Gasteiger charge is -2.23. The lowest BCUT2D eigenvalue weighted by atomic mass is 9.94. The lowest BCUT2D eigenvalue weighted by Crippen LogP contribution is -2.41. The maximum Gasteiger partial charge on any atom is 0.169 e. The molecule has 2 atom stereocenters. The molecule has 0 aromatic carbocycles. The van der Waals surface area contributed by atoms with Gasteiger partial charge in [0, 0.05) is 12.5 Å². The molecule has 74 valence electrons. The molecular weight excluding hydrogens is 237 g/mol. The van der Waals surface area contributed by atoms with Gasteiger partial charge in [0.25, 0.3) is 0 Å². The van der Waals surface area contributed by atoms with Gasteiger partial charge in [-0.25, -0.2) is 4.39 Å². The van der Waals surface area contributed by atoms with Crippen LogP contribution in [0.1, 0.15) is 19.4 Å². The highest BCUT2D eigenvalue weighted by molar-refractivity contribution is 9.10. The Morgan fingerprint density at radius 2 is 2.38 bits per heavy atom. The van der Waals surface area contributed by atoms with E-state index in [1.807, 2.05) is 0 Å². The predicted octanol–water partition coefficient (Wildman–Crippen LogP) is 2.66. The van der Waals surface area contributed by atoms with Crippen molar-refractivity contribution in [2.75, 3.05) is 0 Å². The average Bonchev–Trinajstić information content (AvgIpc) is 2.34. The van der Waals surface area contributed by atoms with Gasteiger partial charge in [0.15, 0.2) is 4.67 Å². The maximum absolute atomic E-state index is 13.7. The third-order valence-electron chi connectivity index (χ3n) is 2.12. The van der Waals surface area contributed by atoms with Gasteiger partial charge in [-0.2, -0.15) is 0 Å². The van der Waals surface area contributed by atoms with Crippen molar-refractivity contribution in [2.24, 2.45) is 5.73 Å². The molecular formula is C9H13BrFNO. The van der Waals surface area contributed by atoms with Gasteiger partial charge in [-0.1, -0.05) is 0 Å². The summed E-state index contributed by atoms with van der Waals surface area (Å²) in [6.07, 6.45) is 1.81. The SMILES string of the molecule is CC(N)C(C)(F)Cc1coc(Br)c1. The van der Waals surface area contributed by atoms with Gasteiger partial charge >= 0.3 is 0 Å². The molecule has 0 aliphatic heterocycles. The average molecular weight is 250 g/mol. The number of halogens is 2. The van der Waals surface area contributed by atoms with Crippen LogP contribution in [0, 0.1) is 0 Å². The van der Waals surface area contributed by atoms with Crippen LogP contribution in [0.3, 0.4) is 0 Å². The zero-order valence-electron chi connectivity index (χ0n) is 7.68. The molecule has 0 amide bonds. The zero-order valence-corrected chi connectivity index (χ0v) is 9.27. The van der Waals surface area contributed by atoms with Gasteiger partial charge in [0.05, 0.1) is 6.26 Å². The van der Waals surface area contributed by atoms with E-state index in [1.54, 1.807) is 13.0 Å². The fraction of sp³-hybridized carbons (Fsp3) is 0.556. The number of hydrogen-bond donors (Lipinski definition) is 1. The van der Waals surface area contributed by atoms with Crippen LogP contribution < -0.4 is 5.73 Å². The Kier molecular flexibility index (Phi) is 3.14. The van der Waals surface area contributed by atoms with Gasteiger partial charge in [-0.3, -0.25) is 0 Å². The van der Waals surface area contributed by atoms with Crippen LogP contribution >= 0.6 is 15.9 Å². The number of alkyl halides is 1. The fourth-order valence-electron chi connectivity index (χ4n) is 0.999. The third-order valence-corrected chi connectivity index (χ3v) is 2.54. The van der Waals surface area contributed by atoms with E-state index in [9.17, 15) is 4.39 Å². The summed E-state index contributed by atoms with van der Waals surface area (Å²) >= 11 is 3.16. The molecule has 1 heterocycles. The second kappa shape index (κ2) is 3.80. The Hall–Kier alpha value is -0.350. The van der Waals surface area contributed by atoms with E-state index in [2.05, 4.69) is 15.9 Å². The highest BCUT2D eigenvalue weighted by atomic mass is 79.9. The van der Waals surface area contributed by atoms with E-state index in [4.69, 9.17) is 10.2 Å². The molecule has 4 heteroatoms. The van der Waals surface area contributed by atoms with Crippen molar-refractivity contribution in [3.8, 4) is 0 Å². The molecule has 0 spiro atoms. The highest BCUT2D eigenvalue weighted by Gasteiger charge is 2.28. The summed E-state index contributed by atoms with van der Waals surface area (Å²) in [7, 11) is 0. The van der Waals surface area contributed by atoms with E-state index >= 15 is 0 Å². The minimum Gasteiger partial charge on any atom is -0.457 e. The molecule has 0 aliphatic rings. The molecule has 13 heavy (non-hydrogen) atoms. The Morgan fingerprint density at radius 3 is 2.77 bits per heavy atom. The Morgan fingerprint density at radius 1 is 1.77 bits per heavy atom. The van der Waals surface area contributed by atoms with E-state index in [0.29, 0.717) is 4.67 Å². The lowest BCUT2D eigenvalue weighted by molar-refractivity contribution is 0.156. The van der Waals surface area contributed by atoms with Crippen LogP contribution in [-0.4, -0.2) is 11.7 Å². The molecule has 0 aliphatic carbocycles. The molecule has 0 saturated heterocycles. The monoisotopic (exact) mass is 249 g/mol. The first-order valence-electron chi connectivity index (χ1n) is 4.09. The summed E-state index contributed by atoms with van der Waals surface area (Å²) in [5.41, 5.74) is 4.94. The number of rotatable bonds is 3. The van der Waals surface area contributed by atoms with E-state index in [1.165, 1.54) is 13.2 Å². The van der Waals surface area contributed by atoms with Crippen LogP contribution in [0.25, 0.3) is 0 Å². The standard InChI is InChI=1S/C9H13BrFNO/c1-6(12)9(2,11)4-7-3-8(10)13-5-7/h3,5-6H,4,12H2,1-2H3. The fourth-order valence-corrected chi connectivity index (χ4v) is 1.39. The Balaban J connectivity index is 2.68. The molecule has 1 rings (SSSR count). The van der Waals surface area contributed by atoms with Crippen molar-refractivity contribution in [3.05, 3.63) is 22.6 Å². The van der Waals surface area contributed by atoms with E-state index < -0.39 is 11.7 Å². The summed E-state index contributed by atoms with van der Waals surface area (Å²) < 4.78 is 19.3. The van der Waals surface area contributed by atoms with E-state index in [0.717, 1.165) is 5.56 Å². The number of nitrogens with two attached hydrogens (primary N) is 1. The molecule has 0 bridgehead atoms. The summed E-state index contributed by atoms with van der Waals surface area (Å²) in [4.78, 5) is 0. The first-order chi connectivity index (χ1) is 5.92. The smallest absolute Gasteiger partial charge is 0.169 e. The number of furan rings is 1. The third kappa shape index (κ3) is 2.81. The molecule has 2 unspecified atom stereocenters. The zero-order chi connectivity index (χ0) is 10.1. The van der Waals surface area contributed by atoms with Crippen molar-refractivity contribution in [1.82, 2.24) is 0 Å². The molecule has 2 nitrogen and oxygen atoms in total. The molecule has 1 aromatic heterocycles. The molecule has 2 N–H and O–H groups in total. The van der Waals surface area contributed by atoms with Gasteiger partial charge < -0.3 is 10.2 Å². The summed E-state index contributed by atoms with van der Waals surface area (Å²) in [6, 6.07) is 1.27. The second-order valence-electron chi connectivity index (χ2n) is 3.50. The summed E-state index contributed by atoms with van der Waals surface area (Å²) in [6.45, 7) is 3.16. The van der Waals surface area contributed by atoms with Gasteiger partial charge in [-0.15, -0.1) is 0 Å². The highest BCUT2D eigenvalue weighted by Crippen LogP contribution is 2.23. The first kappa shape index (κ1) is 10.7. The van der Waals surface area contributed by atoms with Crippen LogP contribution in [0.5, 0.6) is 0 Å². The predicted molar refractivity (Wildman–Crippen MR) is 53.3 cm³/mol. The molecule has 0 fully saturated rings. The van der Waals surface area contributed by atoms with Crippen molar-refractivity contribution in [1.29, 1.82) is 0 Å². The quantitative estimate of drug-likeness (QED) is 0.895. The van der Waals surface area contributed by atoms with Crippen LogP contribution in [0.4, 0.5) is 4.39 Å². The van der Waals surface area contributed by atoms with Gasteiger partial charge in [-0.05, 0) is 41.4 Å². The van der Waals surface area contributed by atoms with Crippen molar-refractivity contribution >= 4 is 15.9 Å². The Bertz CT molecular complexity index is 283. The van der Waals surface area contributed by atoms with Crippen LogP contribution in [0.2, 0.25) is 0 Å². The molecule has 0 saturated carbocycles. The molecule has 0 radical (unpaired) electrons. The largest absolute Gasteiger partial charge is 0.457 e. The van der Waals surface area contributed by atoms with Crippen molar-refractivity contribution < 1.29 is 8.81 Å². The minimum absolute atomic E-state index is 0.278. The topological polar surface area (TPSA) is 39.2 Å². The maximum atomic E-state index is 13.7. The first-order valence-corrected chi connectivity index (χ1v) is 4.88. The molecule has 1 aromatic rings. The Labute approximate surface area is 85.4 Å². The van der Waals surface area contributed by atoms with Crippen LogP contribution in [-0.2, 0) is 6.42 Å². The normalized spacial score (nSPS) is 18.2. The van der Waals surface area contributed by atoms with Crippen LogP contribution in [0.15, 0.2) is 21.4 Å².